The summed E-state index contributed by atoms with van der Waals surface area (Å²) in [7, 11) is 0. The minimum absolute atomic E-state index is 0.0392. The minimum atomic E-state index is -2.87. The van der Waals surface area contributed by atoms with Crippen molar-refractivity contribution in [1.29, 1.82) is 0 Å². The van der Waals surface area contributed by atoms with Crippen LogP contribution in [0.1, 0.15) is 73.5 Å². The van der Waals surface area contributed by atoms with Crippen molar-refractivity contribution >= 4 is 35.1 Å². The fraction of sp³-hybridized carbons (Fsp3) is 0.520. The predicted molar refractivity (Wildman–Crippen MR) is 129 cm³/mol. The number of hydrogen-bond acceptors (Lipinski definition) is 7. The van der Waals surface area contributed by atoms with Crippen LogP contribution < -0.4 is 10.2 Å². The first kappa shape index (κ1) is 23.7. The van der Waals surface area contributed by atoms with Gasteiger partial charge in [0, 0.05) is 49.9 Å². The number of rotatable bonds is 7. The highest BCUT2D eigenvalue weighted by molar-refractivity contribution is 6.12. The van der Waals surface area contributed by atoms with Crippen LogP contribution in [0.3, 0.4) is 0 Å². The van der Waals surface area contributed by atoms with Crippen molar-refractivity contribution in [2.45, 2.75) is 63.5 Å². The van der Waals surface area contributed by atoms with E-state index in [0.29, 0.717) is 36.8 Å². The molecule has 37 heavy (non-hydrogen) atoms. The molecule has 0 aromatic carbocycles. The van der Waals surface area contributed by atoms with Crippen LogP contribution in [0, 0.1) is 11.8 Å². The lowest BCUT2D eigenvalue weighted by Crippen LogP contribution is -2.37. The number of Topliss-reactive ketones (excluding diaryl/α,β-unsaturated/α-hetero) is 1. The van der Waals surface area contributed by atoms with Gasteiger partial charge in [0.05, 0.1) is 11.7 Å². The Balaban J connectivity index is 1.29. The van der Waals surface area contributed by atoms with Gasteiger partial charge in [-0.1, -0.05) is 0 Å². The maximum atomic E-state index is 13.9. The van der Waals surface area contributed by atoms with Crippen LogP contribution in [0.15, 0.2) is 24.7 Å². The standard InChI is InChI=1S/C25H27F2N7O3/c26-22(27)21-18(13-34(30-21)16-4-2-14(3-5-16)6-9-35)29-25(37)20-23-28-7-1-8-33(23)31-24(20)32-12-15-10-17(32)11-19(15)36/h1,7-9,13-17,22H,2-6,10-12H2,(H,29,37)/t14?,15-,16?,17-/m1/s1. The number of amides is 1. The van der Waals surface area contributed by atoms with Gasteiger partial charge in [0.15, 0.2) is 17.2 Å². The average Bonchev–Trinajstić information content (AvgIpc) is 3.65. The van der Waals surface area contributed by atoms with E-state index in [0.717, 1.165) is 38.4 Å². The van der Waals surface area contributed by atoms with Gasteiger partial charge in [-0.15, -0.1) is 5.10 Å². The third kappa shape index (κ3) is 4.17. The van der Waals surface area contributed by atoms with Gasteiger partial charge >= 0.3 is 0 Å². The molecule has 1 amide bonds. The summed E-state index contributed by atoms with van der Waals surface area (Å²) in [5, 5.41) is 11.4. The van der Waals surface area contributed by atoms with E-state index in [1.54, 1.807) is 18.5 Å². The van der Waals surface area contributed by atoms with E-state index in [1.165, 1.54) is 15.4 Å². The summed E-state index contributed by atoms with van der Waals surface area (Å²) in [5.41, 5.74) is -0.0407. The Morgan fingerprint density at radius 3 is 2.68 bits per heavy atom. The van der Waals surface area contributed by atoms with E-state index < -0.39 is 18.0 Å². The van der Waals surface area contributed by atoms with E-state index in [1.807, 2.05) is 4.90 Å². The molecular formula is C25H27F2N7O3. The van der Waals surface area contributed by atoms with E-state index >= 15 is 0 Å². The highest BCUT2D eigenvalue weighted by atomic mass is 19.3. The molecule has 0 radical (unpaired) electrons. The number of nitrogens with one attached hydrogen (secondary N) is 1. The molecule has 1 N–H and O–H groups in total. The molecule has 1 saturated heterocycles. The van der Waals surface area contributed by atoms with Crippen molar-refractivity contribution in [2.24, 2.45) is 11.8 Å². The van der Waals surface area contributed by atoms with Crippen molar-refractivity contribution in [3.8, 4) is 0 Å². The lowest BCUT2D eigenvalue weighted by Gasteiger charge is -2.27. The largest absolute Gasteiger partial charge is 0.350 e. The maximum absolute atomic E-state index is 13.9. The highest BCUT2D eigenvalue weighted by Crippen LogP contribution is 2.40. The van der Waals surface area contributed by atoms with E-state index in [4.69, 9.17) is 0 Å². The Kier molecular flexibility index (Phi) is 5.96. The van der Waals surface area contributed by atoms with Crippen molar-refractivity contribution in [3.63, 3.8) is 0 Å². The molecule has 1 aliphatic heterocycles. The summed E-state index contributed by atoms with van der Waals surface area (Å²) in [6, 6.07) is 1.58. The first-order valence-electron chi connectivity index (χ1n) is 12.7. The lowest BCUT2D eigenvalue weighted by molar-refractivity contribution is -0.121. The normalized spacial score (nSPS) is 25.4. The lowest BCUT2D eigenvalue weighted by atomic mass is 9.84. The fourth-order valence-corrected chi connectivity index (χ4v) is 6.10. The van der Waals surface area contributed by atoms with Crippen molar-refractivity contribution in [3.05, 3.63) is 35.9 Å². The Bertz CT molecular complexity index is 1360. The first-order chi connectivity index (χ1) is 17.9. The van der Waals surface area contributed by atoms with Crippen LogP contribution in [0.5, 0.6) is 0 Å². The molecule has 2 atom stereocenters. The van der Waals surface area contributed by atoms with Gasteiger partial charge in [0.2, 0.25) is 0 Å². The summed E-state index contributed by atoms with van der Waals surface area (Å²) in [4.78, 5) is 42.8. The number of carbonyl (C=O) groups excluding carboxylic acids is 3. The summed E-state index contributed by atoms with van der Waals surface area (Å²) in [6.07, 6.45) is 7.50. The molecule has 3 aliphatic rings. The van der Waals surface area contributed by atoms with Gasteiger partial charge in [-0.25, -0.2) is 18.3 Å². The quantitative estimate of drug-likeness (QED) is 0.482. The molecule has 12 heteroatoms. The van der Waals surface area contributed by atoms with Gasteiger partial charge in [-0.05, 0) is 44.1 Å². The Labute approximate surface area is 211 Å². The van der Waals surface area contributed by atoms with Gasteiger partial charge in [0.25, 0.3) is 12.3 Å². The van der Waals surface area contributed by atoms with Gasteiger partial charge in [0.1, 0.15) is 17.6 Å². The SMILES string of the molecule is O=CCC1CCC(n2cc(NC(=O)c3c(N4C[C@H]5C[C@@H]4CC5=O)nn4cccnc34)c(C(F)F)n2)CC1. The van der Waals surface area contributed by atoms with Crippen LogP contribution in [0.2, 0.25) is 0 Å². The number of anilines is 2. The summed E-state index contributed by atoms with van der Waals surface area (Å²) < 4.78 is 30.9. The minimum Gasteiger partial charge on any atom is -0.350 e. The van der Waals surface area contributed by atoms with Crippen molar-refractivity contribution < 1.29 is 23.2 Å². The highest BCUT2D eigenvalue weighted by Gasteiger charge is 2.46. The fourth-order valence-electron chi connectivity index (χ4n) is 6.10. The second-order valence-electron chi connectivity index (χ2n) is 10.2. The Hall–Kier alpha value is -3.70. The zero-order valence-electron chi connectivity index (χ0n) is 20.1. The second-order valence-corrected chi connectivity index (χ2v) is 10.2. The average molecular weight is 512 g/mol. The van der Waals surface area contributed by atoms with Crippen molar-refractivity contribution in [1.82, 2.24) is 24.4 Å². The summed E-state index contributed by atoms with van der Waals surface area (Å²) in [5.74, 6) is 0.257. The molecule has 4 heterocycles. The molecule has 3 aromatic heterocycles. The van der Waals surface area contributed by atoms with Gasteiger partial charge < -0.3 is 15.0 Å². The third-order valence-corrected chi connectivity index (χ3v) is 8.02. The molecule has 2 saturated carbocycles. The van der Waals surface area contributed by atoms with Crippen LogP contribution in [0.4, 0.5) is 20.3 Å². The second kappa shape index (κ2) is 9.31. The number of halogens is 2. The molecule has 0 unspecified atom stereocenters. The number of alkyl halides is 2. The summed E-state index contributed by atoms with van der Waals surface area (Å²) >= 11 is 0. The molecule has 3 aromatic rings. The molecule has 194 valence electrons. The molecule has 3 fully saturated rings. The van der Waals surface area contributed by atoms with E-state index in [9.17, 15) is 23.2 Å². The number of nitrogens with zero attached hydrogens (tertiary/aromatic N) is 6. The third-order valence-electron chi connectivity index (χ3n) is 8.02. The maximum Gasteiger partial charge on any atom is 0.284 e. The predicted octanol–water partition coefficient (Wildman–Crippen LogP) is 3.60. The molecule has 0 spiro atoms. The molecular weight excluding hydrogens is 484 g/mol. The zero-order chi connectivity index (χ0) is 25.7. The number of piperidine rings is 1. The van der Waals surface area contributed by atoms with Crippen LogP contribution >= 0.6 is 0 Å². The zero-order valence-corrected chi connectivity index (χ0v) is 20.1. The van der Waals surface area contributed by atoms with Crippen LogP contribution in [-0.2, 0) is 9.59 Å². The number of aldehydes is 1. The molecule has 2 bridgehead atoms. The smallest absolute Gasteiger partial charge is 0.284 e. The first-order valence-corrected chi connectivity index (χ1v) is 12.7. The molecule has 2 aliphatic carbocycles. The Morgan fingerprint density at radius 2 is 2.00 bits per heavy atom. The van der Waals surface area contributed by atoms with Gasteiger partial charge in [-0.2, -0.15) is 5.10 Å². The Morgan fingerprint density at radius 1 is 1.19 bits per heavy atom. The van der Waals surface area contributed by atoms with Gasteiger partial charge in [-0.3, -0.25) is 14.3 Å². The molecule has 10 nitrogen and oxygen atoms in total. The topological polar surface area (TPSA) is 114 Å². The van der Waals surface area contributed by atoms with E-state index in [2.05, 4.69) is 20.5 Å². The monoisotopic (exact) mass is 511 g/mol. The number of fused-ring (bicyclic) bond motifs is 3. The number of carbonyl (C=O) groups is 3. The van der Waals surface area contributed by atoms with Crippen LogP contribution in [0.25, 0.3) is 5.65 Å². The number of ketones is 1. The van der Waals surface area contributed by atoms with E-state index in [-0.39, 0.29) is 35.0 Å². The van der Waals surface area contributed by atoms with Crippen molar-refractivity contribution in [2.75, 3.05) is 16.8 Å². The van der Waals surface area contributed by atoms with Crippen LogP contribution in [-0.4, -0.2) is 54.9 Å². The summed E-state index contributed by atoms with van der Waals surface area (Å²) in [6.45, 7) is 0.473. The number of aromatic nitrogens is 5. The molecule has 6 rings (SSSR count). The number of hydrogen-bond donors (Lipinski definition) is 1.